The maximum Gasteiger partial charge on any atom is 0.264 e. The Morgan fingerprint density at radius 2 is 1.45 bits per heavy atom. The van der Waals surface area contributed by atoms with Crippen molar-refractivity contribution in [2.75, 3.05) is 17.5 Å². The highest BCUT2D eigenvalue weighted by molar-refractivity contribution is 7.92. The van der Waals surface area contributed by atoms with Crippen LogP contribution >= 0.6 is 0 Å². The molecule has 0 saturated heterocycles. The molecular weight excluding hydrogens is 550 g/mol. The number of ether oxygens (including phenoxy) is 1. The summed E-state index contributed by atoms with van der Waals surface area (Å²) in [6.07, 6.45) is 1.10. The monoisotopic (exact) mass is 593 g/mol. The molecular formula is C33H43N3O5S. The van der Waals surface area contributed by atoms with Crippen LogP contribution in [0.2, 0.25) is 0 Å². The highest BCUT2D eigenvalue weighted by atomic mass is 32.2. The minimum absolute atomic E-state index is 0.0545. The second-order valence-corrected chi connectivity index (χ2v) is 12.3. The number of hydrogen-bond acceptors (Lipinski definition) is 5. The van der Waals surface area contributed by atoms with Crippen molar-refractivity contribution in [3.8, 4) is 5.75 Å². The molecule has 0 aliphatic heterocycles. The Labute approximate surface area is 250 Å². The minimum Gasteiger partial charge on any atom is -0.492 e. The number of sulfonamides is 1. The second-order valence-electron chi connectivity index (χ2n) is 10.5. The van der Waals surface area contributed by atoms with E-state index in [1.165, 1.54) is 17.0 Å². The van der Waals surface area contributed by atoms with E-state index in [1.54, 1.807) is 36.4 Å². The molecule has 0 fully saturated rings. The third kappa shape index (κ3) is 8.12. The Hall–Kier alpha value is -3.85. The van der Waals surface area contributed by atoms with Gasteiger partial charge in [0.2, 0.25) is 11.8 Å². The van der Waals surface area contributed by atoms with Gasteiger partial charge in [0.1, 0.15) is 18.3 Å². The maximum atomic E-state index is 14.3. The van der Waals surface area contributed by atoms with Gasteiger partial charge in [-0.25, -0.2) is 8.42 Å². The number of aryl methyl sites for hydroxylation is 2. The first-order chi connectivity index (χ1) is 20.0. The molecule has 1 N–H and O–H groups in total. The van der Waals surface area contributed by atoms with Crippen LogP contribution in [0.15, 0.2) is 77.7 Å². The van der Waals surface area contributed by atoms with E-state index in [0.717, 1.165) is 27.4 Å². The zero-order valence-corrected chi connectivity index (χ0v) is 26.3. The van der Waals surface area contributed by atoms with Gasteiger partial charge in [-0.2, -0.15) is 0 Å². The van der Waals surface area contributed by atoms with Gasteiger partial charge in [-0.05, 0) is 70.4 Å². The lowest BCUT2D eigenvalue weighted by atomic mass is 10.1. The molecule has 3 rings (SSSR count). The van der Waals surface area contributed by atoms with Crippen molar-refractivity contribution in [1.82, 2.24) is 10.2 Å². The molecule has 0 saturated carbocycles. The van der Waals surface area contributed by atoms with Gasteiger partial charge in [0, 0.05) is 12.6 Å². The van der Waals surface area contributed by atoms with E-state index in [0.29, 0.717) is 18.8 Å². The van der Waals surface area contributed by atoms with Gasteiger partial charge in [-0.15, -0.1) is 0 Å². The van der Waals surface area contributed by atoms with Crippen molar-refractivity contribution in [2.45, 2.75) is 77.9 Å². The summed E-state index contributed by atoms with van der Waals surface area (Å²) < 4.78 is 35.1. The van der Waals surface area contributed by atoms with Crippen molar-refractivity contribution in [3.05, 3.63) is 89.5 Å². The fourth-order valence-electron chi connectivity index (χ4n) is 4.54. The van der Waals surface area contributed by atoms with E-state index in [9.17, 15) is 18.0 Å². The largest absolute Gasteiger partial charge is 0.492 e. The molecule has 0 aromatic heterocycles. The molecule has 9 heteroatoms. The van der Waals surface area contributed by atoms with E-state index in [2.05, 4.69) is 5.32 Å². The third-order valence-corrected chi connectivity index (χ3v) is 8.96. The lowest BCUT2D eigenvalue weighted by molar-refractivity contribution is -0.140. The number of para-hydroxylation sites is 2. The van der Waals surface area contributed by atoms with Crippen LogP contribution in [0.4, 0.5) is 5.69 Å². The predicted octanol–water partition coefficient (Wildman–Crippen LogP) is 5.62. The van der Waals surface area contributed by atoms with Crippen LogP contribution in [0.1, 0.15) is 57.2 Å². The highest BCUT2D eigenvalue weighted by Crippen LogP contribution is 2.33. The third-order valence-electron chi connectivity index (χ3n) is 7.18. The number of benzene rings is 3. The molecule has 2 amide bonds. The molecule has 226 valence electrons. The van der Waals surface area contributed by atoms with Crippen molar-refractivity contribution >= 4 is 27.5 Å². The smallest absolute Gasteiger partial charge is 0.264 e. The molecule has 3 aromatic rings. The van der Waals surface area contributed by atoms with Crippen molar-refractivity contribution in [3.63, 3.8) is 0 Å². The van der Waals surface area contributed by atoms with Gasteiger partial charge in [0.25, 0.3) is 10.0 Å². The van der Waals surface area contributed by atoms with Crippen LogP contribution in [0.3, 0.4) is 0 Å². The van der Waals surface area contributed by atoms with Gasteiger partial charge in [0.15, 0.2) is 0 Å². The first-order valence-electron chi connectivity index (χ1n) is 14.5. The number of nitrogens with one attached hydrogen (secondary N) is 1. The fraction of sp³-hybridized carbons (Fsp3) is 0.394. The minimum atomic E-state index is -4.19. The van der Waals surface area contributed by atoms with E-state index in [-0.39, 0.29) is 29.1 Å². The molecule has 0 aliphatic carbocycles. The molecule has 0 aliphatic rings. The number of amides is 2. The Morgan fingerprint density at radius 3 is 2.02 bits per heavy atom. The molecule has 0 bridgehead atoms. The first-order valence-corrected chi connectivity index (χ1v) is 15.9. The van der Waals surface area contributed by atoms with Crippen LogP contribution in [-0.2, 0) is 26.2 Å². The lowest BCUT2D eigenvalue weighted by Crippen LogP contribution is -2.53. The van der Waals surface area contributed by atoms with E-state index in [1.807, 2.05) is 65.8 Å². The Morgan fingerprint density at radius 1 is 0.857 bits per heavy atom. The summed E-state index contributed by atoms with van der Waals surface area (Å²) in [5.41, 5.74) is 3.07. The van der Waals surface area contributed by atoms with Gasteiger partial charge in [-0.3, -0.25) is 13.9 Å². The average Bonchev–Trinajstić information content (AvgIpc) is 2.97. The topological polar surface area (TPSA) is 96.0 Å². The van der Waals surface area contributed by atoms with Crippen molar-refractivity contribution < 1.29 is 22.7 Å². The molecule has 0 heterocycles. The quantitative estimate of drug-likeness (QED) is 0.262. The first kappa shape index (κ1) is 32.7. The van der Waals surface area contributed by atoms with Gasteiger partial charge in [-0.1, -0.05) is 73.5 Å². The second kappa shape index (κ2) is 14.9. The van der Waals surface area contributed by atoms with Crippen LogP contribution in [-0.4, -0.2) is 50.4 Å². The van der Waals surface area contributed by atoms with E-state index >= 15 is 0 Å². The highest BCUT2D eigenvalue weighted by Gasteiger charge is 2.35. The molecule has 3 aromatic carbocycles. The van der Waals surface area contributed by atoms with Gasteiger partial charge >= 0.3 is 0 Å². The summed E-state index contributed by atoms with van der Waals surface area (Å²) in [5, 5.41) is 3.00. The van der Waals surface area contributed by atoms with Crippen molar-refractivity contribution in [2.24, 2.45) is 0 Å². The molecule has 0 radical (unpaired) electrons. The summed E-state index contributed by atoms with van der Waals surface area (Å²) in [6.45, 7) is 11.4. The molecule has 8 nitrogen and oxygen atoms in total. The Kier molecular flexibility index (Phi) is 11.6. The number of carbonyl (C=O) groups is 2. The Bertz CT molecular complexity index is 1440. The van der Waals surface area contributed by atoms with Crippen LogP contribution in [0, 0.1) is 13.8 Å². The standard InChI is InChI=1S/C33H43N3O5S/c1-7-26(6)34-33(38)29(8-2)35(22-27-18-14-24(4)15-19-27)32(37)23-36(30-12-10-11-13-31(30)41-9-3)42(39,40)28-20-16-25(5)17-21-28/h10-21,26,29H,7-9,22-23H2,1-6H3,(H,34,38)/t26-,29-/m1/s1. The normalized spacial score (nSPS) is 12.7. The molecule has 2 atom stereocenters. The van der Waals surface area contributed by atoms with Crippen molar-refractivity contribution in [1.29, 1.82) is 0 Å². The lowest BCUT2D eigenvalue weighted by Gasteiger charge is -2.34. The average molecular weight is 594 g/mol. The molecule has 0 unspecified atom stereocenters. The van der Waals surface area contributed by atoms with E-state index in [4.69, 9.17) is 4.74 Å². The summed E-state index contributed by atoms with van der Waals surface area (Å²) in [5.74, 6) is -0.422. The molecule has 0 spiro atoms. The fourth-order valence-corrected chi connectivity index (χ4v) is 5.97. The zero-order valence-electron chi connectivity index (χ0n) is 25.5. The van der Waals surface area contributed by atoms with Crippen LogP contribution in [0.25, 0.3) is 0 Å². The van der Waals surface area contributed by atoms with Gasteiger partial charge in [0.05, 0.1) is 17.2 Å². The maximum absolute atomic E-state index is 14.3. The number of rotatable bonds is 14. The summed E-state index contributed by atoms with van der Waals surface area (Å²) >= 11 is 0. The Balaban J connectivity index is 2.10. The van der Waals surface area contributed by atoms with E-state index < -0.39 is 28.5 Å². The number of hydrogen-bond donors (Lipinski definition) is 1. The SMILES string of the molecule is CCOc1ccccc1N(CC(=O)N(Cc1ccc(C)cc1)[C@H](CC)C(=O)N[C@H](C)CC)S(=O)(=O)c1ccc(C)cc1. The van der Waals surface area contributed by atoms with Crippen LogP contribution < -0.4 is 14.4 Å². The predicted molar refractivity (Wildman–Crippen MR) is 167 cm³/mol. The summed E-state index contributed by atoms with van der Waals surface area (Å²) in [7, 11) is -4.19. The number of carbonyl (C=O) groups excluding carboxylic acids is 2. The molecule has 42 heavy (non-hydrogen) atoms. The van der Waals surface area contributed by atoms with Gasteiger partial charge < -0.3 is 15.0 Å². The summed E-state index contributed by atoms with van der Waals surface area (Å²) in [6, 6.07) is 20.1. The zero-order chi connectivity index (χ0) is 30.9. The summed E-state index contributed by atoms with van der Waals surface area (Å²) in [4.78, 5) is 29.2. The number of anilines is 1. The van der Waals surface area contributed by atoms with Crippen LogP contribution in [0.5, 0.6) is 5.75 Å². The number of nitrogens with zero attached hydrogens (tertiary/aromatic N) is 2.